The van der Waals surface area contributed by atoms with Crippen molar-refractivity contribution in [1.82, 2.24) is 4.57 Å². The molecule has 0 saturated heterocycles. The van der Waals surface area contributed by atoms with Crippen LogP contribution in [-0.2, 0) is 13.5 Å². The van der Waals surface area contributed by atoms with Crippen LogP contribution in [0, 0.1) is 0 Å². The van der Waals surface area contributed by atoms with E-state index in [0.29, 0.717) is 0 Å². The van der Waals surface area contributed by atoms with Gasteiger partial charge in [0, 0.05) is 18.8 Å². The molecule has 1 rings (SSSR count). The summed E-state index contributed by atoms with van der Waals surface area (Å²) in [6, 6.07) is 5.32. The maximum atomic E-state index is 11.1. The number of allylic oxidation sites excluding steroid dienone is 1. The molecule has 0 N–H and O–H groups in total. The number of rotatable bonds is 3. The Morgan fingerprint density at radius 1 is 1.58 bits per heavy atom. The SMILES string of the molecule is C=CCCc1cccc(=O)n1C. The van der Waals surface area contributed by atoms with Gasteiger partial charge in [0.2, 0.25) is 5.56 Å². The van der Waals surface area contributed by atoms with Crippen molar-refractivity contribution < 1.29 is 0 Å². The van der Waals surface area contributed by atoms with E-state index >= 15 is 0 Å². The molecule has 2 heteroatoms. The Balaban J connectivity index is 2.92. The number of hydrogen-bond acceptors (Lipinski definition) is 1. The van der Waals surface area contributed by atoms with E-state index in [4.69, 9.17) is 0 Å². The molecular weight excluding hydrogens is 150 g/mol. The summed E-state index contributed by atoms with van der Waals surface area (Å²) in [7, 11) is 1.79. The van der Waals surface area contributed by atoms with Crippen LogP contribution < -0.4 is 5.56 Å². The second-order valence-electron chi connectivity index (χ2n) is 2.74. The zero-order chi connectivity index (χ0) is 8.97. The van der Waals surface area contributed by atoms with Gasteiger partial charge in [-0.1, -0.05) is 12.1 Å². The average molecular weight is 163 g/mol. The maximum absolute atomic E-state index is 11.1. The lowest BCUT2D eigenvalue weighted by Crippen LogP contribution is -2.18. The normalized spacial score (nSPS) is 9.75. The summed E-state index contributed by atoms with van der Waals surface area (Å²) in [4.78, 5) is 11.1. The Kier molecular flexibility index (Phi) is 2.86. The van der Waals surface area contributed by atoms with Gasteiger partial charge in [0.05, 0.1) is 0 Å². The minimum absolute atomic E-state index is 0.0524. The van der Waals surface area contributed by atoms with Gasteiger partial charge in [0.1, 0.15) is 0 Å². The molecule has 0 aliphatic heterocycles. The molecule has 64 valence electrons. The first-order chi connectivity index (χ1) is 5.75. The lowest BCUT2D eigenvalue weighted by Gasteiger charge is -2.04. The largest absolute Gasteiger partial charge is 0.316 e. The van der Waals surface area contributed by atoms with Crippen LogP contribution in [0.15, 0.2) is 35.6 Å². The Bertz CT molecular complexity index is 325. The molecule has 0 unspecified atom stereocenters. The molecule has 0 radical (unpaired) electrons. The Morgan fingerprint density at radius 2 is 2.33 bits per heavy atom. The van der Waals surface area contributed by atoms with Crippen molar-refractivity contribution in [3.63, 3.8) is 0 Å². The highest BCUT2D eigenvalue weighted by molar-refractivity contribution is 5.06. The van der Waals surface area contributed by atoms with E-state index in [-0.39, 0.29) is 5.56 Å². The molecule has 0 bridgehead atoms. The maximum Gasteiger partial charge on any atom is 0.250 e. The number of pyridine rings is 1. The number of aryl methyl sites for hydroxylation is 1. The van der Waals surface area contributed by atoms with Gasteiger partial charge in [-0.3, -0.25) is 4.79 Å². The van der Waals surface area contributed by atoms with E-state index in [0.717, 1.165) is 18.5 Å². The van der Waals surface area contributed by atoms with Gasteiger partial charge in [0.15, 0.2) is 0 Å². The fourth-order valence-corrected chi connectivity index (χ4v) is 1.11. The van der Waals surface area contributed by atoms with Crippen LogP contribution in [0.4, 0.5) is 0 Å². The van der Waals surface area contributed by atoms with Crippen molar-refractivity contribution in [2.45, 2.75) is 12.8 Å². The zero-order valence-electron chi connectivity index (χ0n) is 7.29. The first kappa shape index (κ1) is 8.78. The lowest BCUT2D eigenvalue weighted by atomic mass is 10.2. The van der Waals surface area contributed by atoms with E-state index in [2.05, 4.69) is 6.58 Å². The predicted molar refractivity (Wildman–Crippen MR) is 50.2 cm³/mol. The fourth-order valence-electron chi connectivity index (χ4n) is 1.11. The van der Waals surface area contributed by atoms with Crippen LogP contribution >= 0.6 is 0 Å². The molecule has 0 spiro atoms. The predicted octanol–water partition coefficient (Wildman–Crippen LogP) is 1.50. The van der Waals surface area contributed by atoms with Gasteiger partial charge in [0.25, 0.3) is 0 Å². The second kappa shape index (κ2) is 3.90. The van der Waals surface area contributed by atoms with Crippen LogP contribution in [0.3, 0.4) is 0 Å². The number of nitrogens with zero attached hydrogens (tertiary/aromatic N) is 1. The fraction of sp³-hybridized carbons (Fsp3) is 0.300. The van der Waals surface area contributed by atoms with E-state index in [1.807, 2.05) is 12.1 Å². The number of hydrogen-bond donors (Lipinski definition) is 0. The quantitative estimate of drug-likeness (QED) is 0.619. The van der Waals surface area contributed by atoms with E-state index < -0.39 is 0 Å². The van der Waals surface area contributed by atoms with Crippen molar-refractivity contribution in [2.24, 2.45) is 7.05 Å². The molecule has 1 aromatic rings. The molecule has 0 atom stereocenters. The Morgan fingerprint density at radius 3 is 3.00 bits per heavy atom. The topological polar surface area (TPSA) is 22.0 Å². The van der Waals surface area contributed by atoms with E-state index in [9.17, 15) is 4.79 Å². The van der Waals surface area contributed by atoms with Crippen LogP contribution in [0.2, 0.25) is 0 Å². The first-order valence-electron chi connectivity index (χ1n) is 4.01. The van der Waals surface area contributed by atoms with Crippen molar-refractivity contribution in [1.29, 1.82) is 0 Å². The summed E-state index contributed by atoms with van der Waals surface area (Å²) in [5.74, 6) is 0. The molecule has 2 nitrogen and oxygen atoms in total. The molecule has 1 heterocycles. The van der Waals surface area contributed by atoms with Crippen molar-refractivity contribution in [3.05, 3.63) is 46.9 Å². The monoisotopic (exact) mass is 163 g/mol. The van der Waals surface area contributed by atoms with Crippen molar-refractivity contribution in [2.75, 3.05) is 0 Å². The third-order valence-electron chi connectivity index (χ3n) is 1.89. The molecular formula is C10H13NO. The van der Waals surface area contributed by atoms with Crippen LogP contribution in [0.5, 0.6) is 0 Å². The van der Waals surface area contributed by atoms with Crippen molar-refractivity contribution >= 4 is 0 Å². The van der Waals surface area contributed by atoms with Gasteiger partial charge in [-0.05, 0) is 18.9 Å². The third-order valence-corrected chi connectivity index (χ3v) is 1.89. The third kappa shape index (κ3) is 1.84. The molecule has 1 aromatic heterocycles. The highest BCUT2D eigenvalue weighted by atomic mass is 16.1. The van der Waals surface area contributed by atoms with Gasteiger partial charge < -0.3 is 4.57 Å². The zero-order valence-corrected chi connectivity index (χ0v) is 7.29. The van der Waals surface area contributed by atoms with Gasteiger partial charge in [-0.15, -0.1) is 6.58 Å². The standard InChI is InChI=1S/C10H13NO/c1-3-4-6-9-7-5-8-10(12)11(9)2/h3,5,7-8H,1,4,6H2,2H3. The highest BCUT2D eigenvalue weighted by Gasteiger charge is 1.96. The Labute approximate surface area is 72.2 Å². The summed E-state index contributed by atoms with van der Waals surface area (Å²) >= 11 is 0. The minimum Gasteiger partial charge on any atom is -0.316 e. The molecule has 0 saturated carbocycles. The summed E-state index contributed by atoms with van der Waals surface area (Å²) in [6.45, 7) is 3.64. The summed E-state index contributed by atoms with van der Waals surface area (Å²) in [5.41, 5.74) is 1.11. The molecule has 0 fully saturated rings. The highest BCUT2D eigenvalue weighted by Crippen LogP contribution is 1.98. The van der Waals surface area contributed by atoms with Crippen LogP contribution in [-0.4, -0.2) is 4.57 Å². The Hall–Kier alpha value is -1.31. The summed E-state index contributed by atoms with van der Waals surface area (Å²) < 4.78 is 1.67. The van der Waals surface area contributed by atoms with E-state index in [1.165, 1.54) is 0 Å². The molecule has 0 amide bonds. The average Bonchev–Trinajstić information content (AvgIpc) is 2.08. The smallest absolute Gasteiger partial charge is 0.250 e. The van der Waals surface area contributed by atoms with Gasteiger partial charge in [-0.2, -0.15) is 0 Å². The summed E-state index contributed by atoms with van der Waals surface area (Å²) in [6.07, 6.45) is 3.66. The minimum atomic E-state index is 0.0524. The van der Waals surface area contributed by atoms with E-state index in [1.54, 1.807) is 23.7 Å². The number of aromatic nitrogens is 1. The second-order valence-corrected chi connectivity index (χ2v) is 2.74. The summed E-state index contributed by atoms with van der Waals surface area (Å²) in [5, 5.41) is 0. The molecule has 12 heavy (non-hydrogen) atoms. The molecule has 0 aliphatic carbocycles. The van der Waals surface area contributed by atoms with Crippen LogP contribution in [0.25, 0.3) is 0 Å². The van der Waals surface area contributed by atoms with Gasteiger partial charge >= 0.3 is 0 Å². The lowest BCUT2D eigenvalue weighted by molar-refractivity contribution is 0.763. The molecule has 0 aromatic carbocycles. The molecule has 0 aliphatic rings. The first-order valence-corrected chi connectivity index (χ1v) is 4.01. The van der Waals surface area contributed by atoms with Gasteiger partial charge in [-0.25, -0.2) is 0 Å². The van der Waals surface area contributed by atoms with Crippen LogP contribution in [0.1, 0.15) is 12.1 Å². The van der Waals surface area contributed by atoms with Crippen molar-refractivity contribution in [3.8, 4) is 0 Å².